The lowest BCUT2D eigenvalue weighted by Gasteiger charge is -2.20. The van der Waals surface area contributed by atoms with Crippen molar-refractivity contribution in [2.75, 3.05) is 18.8 Å². The number of carbonyl (C=O) groups is 1. The van der Waals surface area contributed by atoms with Gasteiger partial charge < -0.3 is 10.6 Å². The molecule has 0 spiro atoms. The van der Waals surface area contributed by atoms with Crippen LogP contribution in [0.5, 0.6) is 0 Å². The molecule has 1 aliphatic carbocycles. The van der Waals surface area contributed by atoms with Crippen LogP contribution < -0.4 is 5.73 Å². The summed E-state index contributed by atoms with van der Waals surface area (Å²) in [7, 11) is 0. The molecule has 1 amide bonds. The van der Waals surface area contributed by atoms with Crippen LogP contribution in [0.25, 0.3) is 0 Å². The van der Waals surface area contributed by atoms with Gasteiger partial charge in [0.1, 0.15) is 0 Å². The number of hydrogen-bond donors (Lipinski definition) is 2. The molecular formula is C16H21N5OS. The number of nitrogen functional groups attached to an aromatic ring is 1. The summed E-state index contributed by atoms with van der Waals surface area (Å²) in [4.78, 5) is 18.7. The first-order valence-electron chi connectivity index (χ1n) is 8.24. The second-order valence-electron chi connectivity index (χ2n) is 6.40. The number of anilines is 1. The smallest absolute Gasteiger partial charge is 0.222 e. The Labute approximate surface area is 139 Å². The molecule has 0 unspecified atom stereocenters. The number of nitrogens with one attached hydrogen (secondary N) is 1. The zero-order chi connectivity index (χ0) is 15.8. The fourth-order valence-corrected chi connectivity index (χ4v) is 3.88. The zero-order valence-corrected chi connectivity index (χ0v) is 13.9. The van der Waals surface area contributed by atoms with Gasteiger partial charge in [-0.05, 0) is 31.2 Å². The van der Waals surface area contributed by atoms with Crippen LogP contribution in [0.15, 0.2) is 5.38 Å². The molecule has 3 N–H and O–H groups in total. The van der Waals surface area contributed by atoms with Gasteiger partial charge in [-0.25, -0.2) is 4.98 Å². The molecule has 0 atom stereocenters. The standard InChI is InChI=1S/C16H21N5OS/c17-16-18-11(9-23-16)3-4-14(22)21-7-5-12-13(6-8-21)19-20-15(12)10-1-2-10/h9-10H,1-8H2,(H2,17,18)(H,19,20). The number of H-pyrrole nitrogens is 1. The van der Waals surface area contributed by atoms with Crippen molar-refractivity contribution < 1.29 is 4.79 Å². The summed E-state index contributed by atoms with van der Waals surface area (Å²) in [6.45, 7) is 1.57. The van der Waals surface area contributed by atoms with E-state index in [9.17, 15) is 4.79 Å². The van der Waals surface area contributed by atoms with Crippen molar-refractivity contribution in [1.82, 2.24) is 20.1 Å². The molecular weight excluding hydrogens is 310 g/mol. The second-order valence-corrected chi connectivity index (χ2v) is 7.29. The van der Waals surface area contributed by atoms with E-state index in [4.69, 9.17) is 5.73 Å². The van der Waals surface area contributed by atoms with Gasteiger partial charge in [0, 0.05) is 42.9 Å². The van der Waals surface area contributed by atoms with E-state index in [1.165, 1.54) is 41.1 Å². The summed E-state index contributed by atoms with van der Waals surface area (Å²) in [6, 6.07) is 0. The number of nitrogens with two attached hydrogens (primary N) is 1. The van der Waals surface area contributed by atoms with E-state index in [1.807, 2.05) is 10.3 Å². The van der Waals surface area contributed by atoms with Gasteiger partial charge in [-0.15, -0.1) is 11.3 Å². The van der Waals surface area contributed by atoms with Crippen molar-refractivity contribution >= 4 is 22.4 Å². The van der Waals surface area contributed by atoms with Gasteiger partial charge in [0.15, 0.2) is 5.13 Å². The van der Waals surface area contributed by atoms with Crippen molar-refractivity contribution in [2.24, 2.45) is 0 Å². The van der Waals surface area contributed by atoms with Gasteiger partial charge >= 0.3 is 0 Å². The van der Waals surface area contributed by atoms with Gasteiger partial charge in [-0.3, -0.25) is 9.89 Å². The van der Waals surface area contributed by atoms with Crippen LogP contribution in [0.2, 0.25) is 0 Å². The molecule has 7 heteroatoms. The number of amides is 1. The van der Waals surface area contributed by atoms with Crippen molar-refractivity contribution in [2.45, 2.75) is 44.4 Å². The Hall–Kier alpha value is -1.89. The summed E-state index contributed by atoms with van der Waals surface area (Å²) >= 11 is 1.43. The monoisotopic (exact) mass is 331 g/mol. The molecule has 0 aromatic carbocycles. The lowest BCUT2D eigenvalue weighted by atomic mass is 10.1. The number of hydrogen-bond acceptors (Lipinski definition) is 5. The highest BCUT2D eigenvalue weighted by molar-refractivity contribution is 7.13. The number of carbonyl (C=O) groups excluding carboxylic acids is 1. The zero-order valence-electron chi connectivity index (χ0n) is 13.0. The Balaban J connectivity index is 1.36. The molecule has 23 heavy (non-hydrogen) atoms. The quantitative estimate of drug-likeness (QED) is 0.895. The van der Waals surface area contributed by atoms with Crippen molar-refractivity contribution in [3.8, 4) is 0 Å². The molecule has 1 saturated carbocycles. The van der Waals surface area contributed by atoms with Crippen molar-refractivity contribution in [3.05, 3.63) is 28.0 Å². The SMILES string of the molecule is Nc1nc(CCC(=O)N2CCc3[nH]nc(C4CC4)c3CC2)cs1. The van der Waals surface area contributed by atoms with Crippen LogP contribution in [0, 0.1) is 0 Å². The third kappa shape index (κ3) is 3.10. The average molecular weight is 331 g/mol. The molecule has 2 aromatic rings. The van der Waals surface area contributed by atoms with E-state index >= 15 is 0 Å². The molecule has 122 valence electrons. The van der Waals surface area contributed by atoms with Gasteiger partial charge in [0.2, 0.25) is 5.91 Å². The summed E-state index contributed by atoms with van der Waals surface area (Å²) in [6.07, 6.45) is 5.50. The molecule has 1 fully saturated rings. The molecule has 4 rings (SSSR count). The Kier molecular flexibility index (Phi) is 3.80. The maximum Gasteiger partial charge on any atom is 0.222 e. The number of aromatic amines is 1. The van der Waals surface area contributed by atoms with Crippen LogP contribution in [-0.2, 0) is 24.1 Å². The lowest BCUT2D eigenvalue weighted by molar-refractivity contribution is -0.131. The van der Waals surface area contributed by atoms with E-state index in [2.05, 4.69) is 15.2 Å². The minimum atomic E-state index is 0.211. The fourth-order valence-electron chi connectivity index (χ4n) is 3.28. The minimum absolute atomic E-state index is 0.211. The van der Waals surface area contributed by atoms with Gasteiger partial charge in [0.25, 0.3) is 0 Å². The normalized spacial score (nSPS) is 17.8. The molecule has 6 nitrogen and oxygen atoms in total. The van der Waals surface area contributed by atoms with Crippen molar-refractivity contribution in [3.63, 3.8) is 0 Å². The van der Waals surface area contributed by atoms with Crippen LogP contribution in [0.4, 0.5) is 5.13 Å². The molecule has 1 aliphatic heterocycles. The highest BCUT2D eigenvalue weighted by Gasteiger charge is 2.31. The molecule has 3 heterocycles. The number of thiazole rings is 1. The van der Waals surface area contributed by atoms with Crippen molar-refractivity contribution in [1.29, 1.82) is 0 Å². The average Bonchev–Trinajstić information content (AvgIpc) is 3.25. The Bertz CT molecular complexity index is 718. The predicted octanol–water partition coefficient (Wildman–Crippen LogP) is 1.89. The number of fused-ring (bicyclic) bond motifs is 1. The van der Waals surface area contributed by atoms with Crippen LogP contribution in [0.3, 0.4) is 0 Å². The van der Waals surface area contributed by atoms with E-state index in [-0.39, 0.29) is 5.91 Å². The first-order valence-corrected chi connectivity index (χ1v) is 9.12. The second kappa shape index (κ2) is 5.96. The van der Waals surface area contributed by atoms with Crippen LogP contribution in [0.1, 0.15) is 47.8 Å². The third-order valence-corrected chi connectivity index (χ3v) is 5.45. The van der Waals surface area contributed by atoms with E-state index in [1.54, 1.807) is 0 Å². The Morgan fingerprint density at radius 3 is 2.96 bits per heavy atom. The summed E-state index contributed by atoms with van der Waals surface area (Å²) < 4.78 is 0. The van der Waals surface area contributed by atoms with Crippen LogP contribution >= 0.6 is 11.3 Å². The summed E-state index contributed by atoms with van der Waals surface area (Å²) in [5, 5.41) is 10.2. The molecule has 2 aliphatic rings. The number of aromatic nitrogens is 3. The summed E-state index contributed by atoms with van der Waals surface area (Å²) in [5.41, 5.74) is 10.4. The Morgan fingerprint density at radius 1 is 1.39 bits per heavy atom. The maximum absolute atomic E-state index is 12.5. The molecule has 0 saturated heterocycles. The predicted molar refractivity (Wildman–Crippen MR) is 89.4 cm³/mol. The number of rotatable bonds is 4. The van der Waals surface area contributed by atoms with E-state index in [0.717, 1.165) is 31.6 Å². The molecule has 2 aromatic heterocycles. The maximum atomic E-state index is 12.5. The number of nitrogens with zero attached hydrogens (tertiary/aromatic N) is 3. The first kappa shape index (κ1) is 14.7. The largest absolute Gasteiger partial charge is 0.375 e. The van der Waals surface area contributed by atoms with Gasteiger partial charge in [-0.1, -0.05) is 0 Å². The number of aryl methyl sites for hydroxylation is 1. The summed E-state index contributed by atoms with van der Waals surface area (Å²) in [5.74, 6) is 0.870. The topological polar surface area (TPSA) is 87.9 Å². The molecule has 0 radical (unpaired) electrons. The lowest BCUT2D eigenvalue weighted by Crippen LogP contribution is -2.33. The Morgan fingerprint density at radius 2 is 2.22 bits per heavy atom. The van der Waals surface area contributed by atoms with Crippen LogP contribution in [-0.4, -0.2) is 39.1 Å². The highest BCUT2D eigenvalue weighted by Crippen LogP contribution is 2.41. The van der Waals surface area contributed by atoms with E-state index < -0.39 is 0 Å². The first-order chi connectivity index (χ1) is 11.2. The minimum Gasteiger partial charge on any atom is -0.375 e. The highest BCUT2D eigenvalue weighted by atomic mass is 32.1. The fraction of sp³-hybridized carbons (Fsp3) is 0.562. The van der Waals surface area contributed by atoms with Gasteiger partial charge in [-0.2, -0.15) is 5.10 Å². The van der Waals surface area contributed by atoms with Gasteiger partial charge in [0.05, 0.1) is 11.4 Å². The third-order valence-electron chi connectivity index (χ3n) is 4.73. The van der Waals surface area contributed by atoms with E-state index in [0.29, 0.717) is 23.9 Å². The molecule has 0 bridgehead atoms.